The van der Waals surface area contributed by atoms with Crippen LogP contribution in [0.1, 0.15) is 29.7 Å². The Hall–Kier alpha value is -1.42. The number of benzene rings is 2. The van der Waals surface area contributed by atoms with Crippen LogP contribution in [0, 0.1) is 5.82 Å². The highest BCUT2D eigenvalue weighted by molar-refractivity contribution is 6.30. The van der Waals surface area contributed by atoms with Crippen LogP contribution in [0.5, 0.6) is 0 Å². The SMILES string of the molecule is CCc1ccc(C(NN)c2cc(Cl)ccc2F)cc1. The number of aryl methyl sites for hydroxylation is 1. The minimum absolute atomic E-state index is 0.327. The van der Waals surface area contributed by atoms with Gasteiger partial charge in [-0.25, -0.2) is 9.82 Å². The number of hydrogen-bond donors (Lipinski definition) is 2. The predicted molar refractivity (Wildman–Crippen MR) is 76.4 cm³/mol. The molecular formula is C15H16ClFN2. The molecule has 0 fully saturated rings. The first kappa shape index (κ1) is 14.0. The molecule has 0 aromatic heterocycles. The van der Waals surface area contributed by atoms with Crippen molar-refractivity contribution in [3.63, 3.8) is 0 Å². The number of nitrogens with two attached hydrogens (primary N) is 1. The lowest BCUT2D eigenvalue weighted by Crippen LogP contribution is -2.29. The standard InChI is InChI=1S/C15H16ClFN2/c1-2-10-3-5-11(6-4-10)15(19-18)13-9-12(16)7-8-14(13)17/h3-9,15,19H,2,18H2,1H3. The first-order valence-electron chi connectivity index (χ1n) is 6.15. The molecule has 100 valence electrons. The van der Waals surface area contributed by atoms with Crippen LogP contribution in [0.3, 0.4) is 0 Å². The summed E-state index contributed by atoms with van der Waals surface area (Å²) >= 11 is 5.92. The molecule has 2 aromatic rings. The Kier molecular flexibility index (Phi) is 4.53. The summed E-state index contributed by atoms with van der Waals surface area (Å²) in [6.07, 6.45) is 0.965. The van der Waals surface area contributed by atoms with Crippen LogP contribution in [-0.4, -0.2) is 0 Å². The van der Waals surface area contributed by atoms with Gasteiger partial charge in [0.1, 0.15) is 5.82 Å². The summed E-state index contributed by atoms with van der Waals surface area (Å²) in [5.41, 5.74) is 5.22. The van der Waals surface area contributed by atoms with E-state index in [9.17, 15) is 4.39 Å². The fourth-order valence-corrected chi connectivity index (χ4v) is 2.23. The van der Waals surface area contributed by atoms with E-state index in [2.05, 4.69) is 12.3 Å². The minimum atomic E-state index is -0.412. The van der Waals surface area contributed by atoms with Gasteiger partial charge in [0.2, 0.25) is 0 Å². The van der Waals surface area contributed by atoms with Gasteiger partial charge in [0.15, 0.2) is 0 Å². The topological polar surface area (TPSA) is 38.0 Å². The molecule has 4 heteroatoms. The van der Waals surface area contributed by atoms with E-state index >= 15 is 0 Å². The Bertz CT molecular complexity index is 555. The largest absolute Gasteiger partial charge is 0.271 e. The van der Waals surface area contributed by atoms with E-state index in [4.69, 9.17) is 17.4 Å². The smallest absolute Gasteiger partial charge is 0.128 e. The number of hydrogen-bond acceptors (Lipinski definition) is 2. The summed E-state index contributed by atoms with van der Waals surface area (Å²) in [6.45, 7) is 2.09. The zero-order valence-corrected chi connectivity index (χ0v) is 11.4. The van der Waals surface area contributed by atoms with E-state index in [1.54, 1.807) is 6.07 Å². The highest BCUT2D eigenvalue weighted by Gasteiger charge is 2.16. The average molecular weight is 279 g/mol. The summed E-state index contributed by atoms with van der Waals surface area (Å²) in [4.78, 5) is 0. The van der Waals surface area contributed by atoms with Crippen molar-refractivity contribution >= 4 is 11.6 Å². The van der Waals surface area contributed by atoms with Gasteiger partial charge < -0.3 is 0 Å². The zero-order valence-electron chi connectivity index (χ0n) is 10.7. The van der Waals surface area contributed by atoms with Crippen molar-refractivity contribution in [2.75, 3.05) is 0 Å². The lowest BCUT2D eigenvalue weighted by Gasteiger charge is -2.18. The van der Waals surface area contributed by atoms with Gasteiger partial charge in [0, 0.05) is 10.6 Å². The van der Waals surface area contributed by atoms with Crippen molar-refractivity contribution in [2.45, 2.75) is 19.4 Å². The van der Waals surface area contributed by atoms with Gasteiger partial charge in [-0.1, -0.05) is 42.8 Å². The molecular weight excluding hydrogens is 263 g/mol. The molecule has 2 rings (SSSR count). The fourth-order valence-electron chi connectivity index (χ4n) is 2.05. The van der Waals surface area contributed by atoms with Crippen LogP contribution >= 0.6 is 11.6 Å². The van der Waals surface area contributed by atoms with E-state index in [-0.39, 0.29) is 5.82 Å². The first-order chi connectivity index (χ1) is 9.15. The third-order valence-corrected chi connectivity index (χ3v) is 3.39. The summed E-state index contributed by atoms with van der Waals surface area (Å²) in [5, 5.41) is 0.488. The van der Waals surface area contributed by atoms with Crippen LogP contribution < -0.4 is 11.3 Å². The van der Waals surface area contributed by atoms with Crippen LogP contribution in [0.25, 0.3) is 0 Å². The van der Waals surface area contributed by atoms with E-state index < -0.39 is 6.04 Å². The number of rotatable bonds is 4. The summed E-state index contributed by atoms with van der Waals surface area (Å²) in [5.74, 6) is 5.24. The maximum atomic E-state index is 13.9. The van der Waals surface area contributed by atoms with Gasteiger partial charge in [0.25, 0.3) is 0 Å². The lowest BCUT2D eigenvalue weighted by atomic mass is 9.97. The Balaban J connectivity index is 2.40. The van der Waals surface area contributed by atoms with E-state index in [1.165, 1.54) is 17.7 Å². The molecule has 0 amide bonds. The van der Waals surface area contributed by atoms with Crippen molar-refractivity contribution in [2.24, 2.45) is 5.84 Å². The molecule has 1 unspecified atom stereocenters. The van der Waals surface area contributed by atoms with Gasteiger partial charge in [-0.2, -0.15) is 0 Å². The molecule has 0 spiro atoms. The summed E-state index contributed by atoms with van der Waals surface area (Å²) in [6, 6.07) is 12.0. The molecule has 0 aliphatic heterocycles. The van der Waals surface area contributed by atoms with Gasteiger partial charge in [-0.3, -0.25) is 5.84 Å². The molecule has 0 aliphatic carbocycles. The van der Waals surface area contributed by atoms with Gasteiger partial charge in [-0.15, -0.1) is 0 Å². The summed E-state index contributed by atoms with van der Waals surface area (Å²) in [7, 11) is 0. The Labute approximate surface area is 117 Å². The molecule has 2 nitrogen and oxygen atoms in total. The molecule has 0 saturated carbocycles. The number of nitrogens with one attached hydrogen (secondary N) is 1. The second-order valence-corrected chi connectivity index (χ2v) is 4.80. The molecule has 3 N–H and O–H groups in total. The lowest BCUT2D eigenvalue weighted by molar-refractivity contribution is 0.560. The molecule has 0 bridgehead atoms. The molecule has 19 heavy (non-hydrogen) atoms. The van der Waals surface area contributed by atoms with Crippen LogP contribution in [0.2, 0.25) is 5.02 Å². The van der Waals surface area contributed by atoms with Gasteiger partial charge >= 0.3 is 0 Å². The average Bonchev–Trinajstić information content (AvgIpc) is 2.44. The van der Waals surface area contributed by atoms with Crippen molar-refractivity contribution < 1.29 is 4.39 Å². The van der Waals surface area contributed by atoms with Crippen LogP contribution in [0.4, 0.5) is 4.39 Å². The monoisotopic (exact) mass is 278 g/mol. The van der Waals surface area contributed by atoms with Gasteiger partial charge in [0.05, 0.1) is 6.04 Å². The van der Waals surface area contributed by atoms with E-state index in [0.29, 0.717) is 10.6 Å². The van der Waals surface area contributed by atoms with Crippen molar-refractivity contribution in [3.05, 3.63) is 70.0 Å². The zero-order chi connectivity index (χ0) is 13.8. The molecule has 0 saturated heterocycles. The maximum absolute atomic E-state index is 13.9. The Morgan fingerprint density at radius 3 is 2.47 bits per heavy atom. The predicted octanol–water partition coefficient (Wildman–Crippen LogP) is 3.59. The van der Waals surface area contributed by atoms with Crippen molar-refractivity contribution in [1.82, 2.24) is 5.43 Å². The molecule has 1 atom stereocenters. The van der Waals surface area contributed by atoms with Crippen molar-refractivity contribution in [1.29, 1.82) is 0 Å². The highest BCUT2D eigenvalue weighted by atomic mass is 35.5. The fraction of sp³-hybridized carbons (Fsp3) is 0.200. The number of hydrazine groups is 1. The molecule has 0 heterocycles. The minimum Gasteiger partial charge on any atom is -0.271 e. The highest BCUT2D eigenvalue weighted by Crippen LogP contribution is 2.26. The normalized spacial score (nSPS) is 12.4. The second kappa shape index (κ2) is 6.15. The third kappa shape index (κ3) is 3.13. The first-order valence-corrected chi connectivity index (χ1v) is 6.53. The summed E-state index contributed by atoms with van der Waals surface area (Å²) < 4.78 is 13.9. The quantitative estimate of drug-likeness (QED) is 0.662. The van der Waals surface area contributed by atoms with E-state index in [0.717, 1.165) is 12.0 Å². The number of halogens is 2. The van der Waals surface area contributed by atoms with Crippen LogP contribution in [0.15, 0.2) is 42.5 Å². The van der Waals surface area contributed by atoms with Gasteiger partial charge in [-0.05, 0) is 35.7 Å². The Morgan fingerprint density at radius 2 is 1.89 bits per heavy atom. The second-order valence-electron chi connectivity index (χ2n) is 4.36. The molecule has 0 aliphatic rings. The van der Waals surface area contributed by atoms with Crippen LogP contribution in [-0.2, 0) is 6.42 Å². The van der Waals surface area contributed by atoms with Crippen molar-refractivity contribution in [3.8, 4) is 0 Å². The van der Waals surface area contributed by atoms with E-state index in [1.807, 2.05) is 24.3 Å². The maximum Gasteiger partial charge on any atom is 0.128 e. The Morgan fingerprint density at radius 1 is 1.21 bits per heavy atom. The molecule has 2 aromatic carbocycles. The molecule has 0 radical (unpaired) electrons. The third-order valence-electron chi connectivity index (χ3n) is 3.16.